The molecule has 0 spiro atoms. The fraction of sp³-hybridized carbons (Fsp3) is 0.917. The van der Waals surface area contributed by atoms with Crippen LogP contribution in [0.1, 0.15) is 19.3 Å². The minimum absolute atomic E-state index is 0.182. The van der Waals surface area contributed by atoms with Crippen molar-refractivity contribution in [2.24, 2.45) is 17.6 Å². The standard InChI is InChI=1S/C12H22N2OS2/c13-6-9-2-1-3-11(9)12(15)14-7-10-8-16-4-5-17-10/h9-11H,1-8,13H2,(H,14,15). The molecule has 2 rings (SSSR count). The highest BCUT2D eigenvalue weighted by molar-refractivity contribution is 8.06. The Morgan fingerprint density at radius 2 is 2.24 bits per heavy atom. The van der Waals surface area contributed by atoms with Gasteiger partial charge < -0.3 is 11.1 Å². The molecule has 1 saturated heterocycles. The van der Waals surface area contributed by atoms with E-state index in [0.717, 1.165) is 25.8 Å². The predicted octanol–water partition coefficient (Wildman–Crippen LogP) is 1.33. The Morgan fingerprint density at radius 3 is 2.94 bits per heavy atom. The number of carbonyl (C=O) groups excluding carboxylic acids is 1. The number of thioether (sulfide) groups is 2. The third-order valence-corrected chi connectivity index (χ3v) is 6.53. The van der Waals surface area contributed by atoms with E-state index in [1.807, 2.05) is 23.5 Å². The average Bonchev–Trinajstić information content (AvgIpc) is 2.85. The Balaban J connectivity index is 1.72. The monoisotopic (exact) mass is 274 g/mol. The number of rotatable bonds is 4. The van der Waals surface area contributed by atoms with Crippen molar-refractivity contribution < 1.29 is 4.79 Å². The molecule has 3 atom stereocenters. The van der Waals surface area contributed by atoms with Crippen LogP contribution in [-0.2, 0) is 4.79 Å². The molecule has 98 valence electrons. The molecule has 0 aromatic rings. The van der Waals surface area contributed by atoms with Gasteiger partial charge in [0.25, 0.3) is 0 Å². The molecule has 3 nitrogen and oxygen atoms in total. The van der Waals surface area contributed by atoms with Crippen LogP contribution in [-0.4, -0.2) is 41.5 Å². The normalized spacial score (nSPS) is 33.6. The number of nitrogens with two attached hydrogens (primary N) is 1. The van der Waals surface area contributed by atoms with Crippen LogP contribution in [0.4, 0.5) is 0 Å². The molecule has 1 amide bonds. The lowest BCUT2D eigenvalue weighted by Gasteiger charge is -2.23. The van der Waals surface area contributed by atoms with Gasteiger partial charge in [-0.1, -0.05) is 6.42 Å². The number of hydrogen-bond donors (Lipinski definition) is 2. The van der Waals surface area contributed by atoms with Gasteiger partial charge in [-0.15, -0.1) is 0 Å². The topological polar surface area (TPSA) is 55.1 Å². The van der Waals surface area contributed by atoms with Gasteiger partial charge in [-0.2, -0.15) is 23.5 Å². The molecule has 17 heavy (non-hydrogen) atoms. The molecule has 5 heteroatoms. The van der Waals surface area contributed by atoms with E-state index in [-0.39, 0.29) is 11.8 Å². The zero-order chi connectivity index (χ0) is 12.1. The highest BCUT2D eigenvalue weighted by Crippen LogP contribution is 2.31. The first-order valence-electron chi connectivity index (χ1n) is 6.48. The summed E-state index contributed by atoms with van der Waals surface area (Å²) < 4.78 is 0. The molecule has 1 heterocycles. The number of hydrogen-bond acceptors (Lipinski definition) is 4. The van der Waals surface area contributed by atoms with Gasteiger partial charge >= 0.3 is 0 Å². The molecule has 1 aliphatic heterocycles. The summed E-state index contributed by atoms with van der Waals surface area (Å²) in [6.07, 6.45) is 3.32. The number of amides is 1. The van der Waals surface area contributed by atoms with Crippen LogP contribution >= 0.6 is 23.5 Å². The van der Waals surface area contributed by atoms with E-state index in [0.29, 0.717) is 17.7 Å². The van der Waals surface area contributed by atoms with Gasteiger partial charge in [0.15, 0.2) is 0 Å². The predicted molar refractivity (Wildman–Crippen MR) is 76.5 cm³/mol. The van der Waals surface area contributed by atoms with Crippen LogP contribution in [0.15, 0.2) is 0 Å². The van der Waals surface area contributed by atoms with Gasteiger partial charge in [-0.05, 0) is 25.3 Å². The maximum Gasteiger partial charge on any atom is 0.223 e. The largest absolute Gasteiger partial charge is 0.355 e. The third kappa shape index (κ3) is 3.80. The Labute approximate surface area is 112 Å². The van der Waals surface area contributed by atoms with E-state index in [1.54, 1.807) is 0 Å². The van der Waals surface area contributed by atoms with Crippen molar-refractivity contribution in [3.05, 3.63) is 0 Å². The fourth-order valence-corrected chi connectivity index (χ4v) is 5.28. The van der Waals surface area contributed by atoms with Gasteiger partial charge in [0.1, 0.15) is 0 Å². The van der Waals surface area contributed by atoms with Crippen molar-refractivity contribution in [3.63, 3.8) is 0 Å². The molecule has 1 saturated carbocycles. The van der Waals surface area contributed by atoms with E-state index in [4.69, 9.17) is 5.73 Å². The third-order valence-electron chi connectivity index (χ3n) is 3.69. The molecule has 3 unspecified atom stereocenters. The van der Waals surface area contributed by atoms with Gasteiger partial charge in [0.2, 0.25) is 5.91 Å². The zero-order valence-electron chi connectivity index (χ0n) is 10.2. The Bertz CT molecular complexity index is 257. The van der Waals surface area contributed by atoms with Gasteiger partial charge in [-0.3, -0.25) is 4.79 Å². The average molecular weight is 274 g/mol. The Kier molecular flexibility index (Phi) is 5.50. The fourth-order valence-electron chi connectivity index (χ4n) is 2.66. The van der Waals surface area contributed by atoms with E-state index in [9.17, 15) is 4.79 Å². The van der Waals surface area contributed by atoms with Crippen molar-refractivity contribution in [1.82, 2.24) is 5.32 Å². The van der Waals surface area contributed by atoms with E-state index < -0.39 is 0 Å². The first-order valence-corrected chi connectivity index (χ1v) is 8.68. The lowest BCUT2D eigenvalue weighted by atomic mass is 9.95. The summed E-state index contributed by atoms with van der Waals surface area (Å²) in [5.41, 5.74) is 5.71. The zero-order valence-corrected chi connectivity index (χ0v) is 11.8. The smallest absolute Gasteiger partial charge is 0.223 e. The highest BCUT2D eigenvalue weighted by Gasteiger charge is 2.32. The SMILES string of the molecule is NCC1CCCC1C(=O)NCC1CSCCS1. The molecule has 3 N–H and O–H groups in total. The molecular weight excluding hydrogens is 252 g/mol. The van der Waals surface area contributed by atoms with Crippen molar-refractivity contribution in [2.45, 2.75) is 24.5 Å². The highest BCUT2D eigenvalue weighted by atomic mass is 32.2. The van der Waals surface area contributed by atoms with Crippen molar-refractivity contribution in [2.75, 3.05) is 30.3 Å². The lowest BCUT2D eigenvalue weighted by Crippen LogP contribution is -2.39. The van der Waals surface area contributed by atoms with Crippen LogP contribution in [0.3, 0.4) is 0 Å². The quantitative estimate of drug-likeness (QED) is 0.812. The molecule has 0 bridgehead atoms. The summed E-state index contributed by atoms with van der Waals surface area (Å²) in [5.74, 6) is 4.50. The summed E-state index contributed by atoms with van der Waals surface area (Å²) in [5, 5.41) is 3.74. The first kappa shape index (κ1) is 13.6. The Morgan fingerprint density at radius 1 is 1.35 bits per heavy atom. The molecule has 1 aliphatic carbocycles. The van der Waals surface area contributed by atoms with Crippen molar-refractivity contribution in [1.29, 1.82) is 0 Å². The van der Waals surface area contributed by atoms with Crippen molar-refractivity contribution in [3.8, 4) is 0 Å². The van der Waals surface area contributed by atoms with Crippen LogP contribution in [0, 0.1) is 11.8 Å². The maximum absolute atomic E-state index is 12.1. The molecule has 2 fully saturated rings. The second kappa shape index (κ2) is 6.90. The van der Waals surface area contributed by atoms with E-state index >= 15 is 0 Å². The molecular formula is C12H22N2OS2. The summed E-state index contributed by atoms with van der Waals surface area (Å²) in [6.45, 7) is 1.50. The lowest BCUT2D eigenvalue weighted by molar-refractivity contribution is -0.125. The maximum atomic E-state index is 12.1. The minimum Gasteiger partial charge on any atom is -0.355 e. The molecule has 2 aliphatic rings. The van der Waals surface area contributed by atoms with E-state index in [1.165, 1.54) is 17.3 Å². The van der Waals surface area contributed by atoms with Gasteiger partial charge in [0.05, 0.1) is 0 Å². The van der Waals surface area contributed by atoms with E-state index in [2.05, 4.69) is 5.32 Å². The second-order valence-electron chi connectivity index (χ2n) is 4.85. The van der Waals surface area contributed by atoms with Crippen molar-refractivity contribution >= 4 is 29.4 Å². The molecule has 0 radical (unpaired) electrons. The summed E-state index contributed by atoms with van der Waals surface area (Å²) in [7, 11) is 0. The van der Waals surface area contributed by atoms with Gasteiger partial charge in [0, 0.05) is 35.0 Å². The minimum atomic E-state index is 0.182. The number of nitrogens with one attached hydrogen (secondary N) is 1. The summed E-state index contributed by atoms with van der Waals surface area (Å²) in [4.78, 5) is 12.1. The van der Waals surface area contributed by atoms with Crippen LogP contribution < -0.4 is 11.1 Å². The molecule has 0 aromatic carbocycles. The van der Waals surface area contributed by atoms with Crippen LogP contribution in [0.5, 0.6) is 0 Å². The van der Waals surface area contributed by atoms with Crippen LogP contribution in [0.2, 0.25) is 0 Å². The first-order chi connectivity index (χ1) is 8.31. The summed E-state index contributed by atoms with van der Waals surface area (Å²) in [6, 6.07) is 0. The number of carbonyl (C=O) groups is 1. The van der Waals surface area contributed by atoms with Crippen LogP contribution in [0.25, 0.3) is 0 Å². The molecule has 0 aromatic heterocycles. The summed E-state index contributed by atoms with van der Waals surface area (Å²) >= 11 is 3.99. The Hall–Kier alpha value is 0.130. The van der Waals surface area contributed by atoms with Gasteiger partial charge in [-0.25, -0.2) is 0 Å². The second-order valence-corrected chi connectivity index (χ2v) is 7.40.